The molecule has 0 bridgehead atoms. The maximum atomic E-state index is 12.6. The maximum absolute atomic E-state index is 12.6. The Balaban J connectivity index is 1.75. The number of rotatable bonds is 1. The van der Waals surface area contributed by atoms with Crippen molar-refractivity contribution in [3.05, 3.63) is 34.2 Å². The molecule has 120 valence electrons. The molecule has 0 spiro atoms. The van der Waals surface area contributed by atoms with E-state index in [-0.39, 0.29) is 22.7 Å². The van der Waals surface area contributed by atoms with Gasteiger partial charge >= 0.3 is 0 Å². The molecule has 1 aromatic heterocycles. The molecule has 1 amide bonds. The Morgan fingerprint density at radius 2 is 2.09 bits per heavy atom. The van der Waals surface area contributed by atoms with Crippen LogP contribution < -0.4 is 5.56 Å². The molecule has 0 saturated carbocycles. The van der Waals surface area contributed by atoms with Gasteiger partial charge in [0.05, 0.1) is 11.2 Å². The van der Waals surface area contributed by atoms with Crippen LogP contribution in [0.3, 0.4) is 0 Å². The minimum absolute atomic E-state index is 0.0813. The summed E-state index contributed by atoms with van der Waals surface area (Å²) in [7, 11) is 0. The molecule has 1 aromatic rings. The van der Waals surface area contributed by atoms with Gasteiger partial charge in [-0.3, -0.25) is 9.59 Å². The van der Waals surface area contributed by atoms with E-state index in [2.05, 4.69) is 25.8 Å². The van der Waals surface area contributed by atoms with Crippen LogP contribution in [-0.4, -0.2) is 40.1 Å². The van der Waals surface area contributed by atoms with Crippen molar-refractivity contribution in [1.82, 2.24) is 9.88 Å². The van der Waals surface area contributed by atoms with E-state index < -0.39 is 0 Å². The first-order valence-corrected chi connectivity index (χ1v) is 7.98. The fraction of sp³-hybridized carbons (Fsp3) is 0.647. The van der Waals surface area contributed by atoms with Crippen LogP contribution >= 0.6 is 0 Å². The van der Waals surface area contributed by atoms with Gasteiger partial charge in [-0.1, -0.05) is 6.07 Å². The van der Waals surface area contributed by atoms with Crippen molar-refractivity contribution in [3.8, 4) is 0 Å². The fourth-order valence-electron chi connectivity index (χ4n) is 3.77. The van der Waals surface area contributed by atoms with E-state index in [9.17, 15) is 9.59 Å². The molecular weight excluding hydrogens is 280 g/mol. The summed E-state index contributed by atoms with van der Waals surface area (Å²) in [4.78, 5) is 28.4. The highest BCUT2D eigenvalue weighted by Crippen LogP contribution is 2.43. The van der Waals surface area contributed by atoms with Crippen LogP contribution in [0.15, 0.2) is 23.0 Å². The number of pyridine rings is 1. The zero-order valence-electron chi connectivity index (χ0n) is 13.5. The Bertz CT molecular complexity index is 637. The predicted molar refractivity (Wildman–Crippen MR) is 83.9 cm³/mol. The van der Waals surface area contributed by atoms with Crippen molar-refractivity contribution < 1.29 is 9.53 Å². The fourth-order valence-corrected chi connectivity index (χ4v) is 3.77. The summed E-state index contributed by atoms with van der Waals surface area (Å²) < 4.78 is 6.32. The van der Waals surface area contributed by atoms with E-state index in [1.165, 1.54) is 6.07 Å². The smallest absolute Gasteiger partial charge is 0.270 e. The summed E-state index contributed by atoms with van der Waals surface area (Å²) in [6.07, 6.45) is 2.92. The Morgan fingerprint density at radius 3 is 2.82 bits per heavy atom. The number of nitrogens with one attached hydrogen (secondary N) is 1. The summed E-state index contributed by atoms with van der Waals surface area (Å²) in [5.74, 6) is 0.262. The van der Waals surface area contributed by atoms with Crippen LogP contribution in [0.2, 0.25) is 0 Å². The summed E-state index contributed by atoms with van der Waals surface area (Å²) in [6, 6.07) is 4.70. The molecule has 2 atom stereocenters. The second-order valence-electron chi connectivity index (χ2n) is 7.34. The van der Waals surface area contributed by atoms with Gasteiger partial charge in [-0.25, -0.2) is 0 Å². The standard InChI is InChI=1S/C17H24N2O3/c1-16(2)8-7-12-11-19(10-9-17(12,3)22-16)15(21)13-5-4-6-14(20)18-13/h4-6,12H,7-11H2,1-3H3,(H,18,20)/t12-,17+/m0/s1. The lowest BCUT2D eigenvalue weighted by molar-refractivity contribution is -0.210. The van der Waals surface area contributed by atoms with Gasteiger partial charge in [0.2, 0.25) is 5.56 Å². The van der Waals surface area contributed by atoms with Crippen molar-refractivity contribution >= 4 is 5.91 Å². The normalized spacial score (nSPS) is 30.7. The second-order valence-corrected chi connectivity index (χ2v) is 7.34. The van der Waals surface area contributed by atoms with Gasteiger partial charge in [0.15, 0.2) is 0 Å². The number of fused-ring (bicyclic) bond motifs is 1. The molecule has 0 unspecified atom stereocenters. The van der Waals surface area contributed by atoms with Crippen LogP contribution in [0.4, 0.5) is 0 Å². The van der Waals surface area contributed by atoms with Gasteiger partial charge in [0, 0.05) is 25.1 Å². The van der Waals surface area contributed by atoms with Crippen LogP contribution in [0.1, 0.15) is 50.5 Å². The zero-order chi connectivity index (χ0) is 16.0. The molecule has 2 aliphatic heterocycles. The van der Waals surface area contributed by atoms with E-state index >= 15 is 0 Å². The third-order valence-electron chi connectivity index (χ3n) is 5.07. The van der Waals surface area contributed by atoms with Crippen LogP contribution in [0.5, 0.6) is 0 Å². The van der Waals surface area contributed by atoms with Crippen LogP contribution in [0.25, 0.3) is 0 Å². The Morgan fingerprint density at radius 1 is 1.32 bits per heavy atom. The van der Waals surface area contributed by atoms with E-state index in [0.717, 1.165) is 19.3 Å². The predicted octanol–water partition coefficient (Wildman–Crippen LogP) is 2.18. The summed E-state index contributed by atoms with van der Waals surface area (Å²) in [6.45, 7) is 7.81. The number of amides is 1. The third kappa shape index (κ3) is 2.82. The quantitative estimate of drug-likeness (QED) is 0.865. The molecule has 2 fully saturated rings. The molecule has 2 aliphatic rings. The highest BCUT2D eigenvalue weighted by atomic mass is 16.5. The van der Waals surface area contributed by atoms with Gasteiger partial charge in [0.1, 0.15) is 5.69 Å². The van der Waals surface area contributed by atoms with E-state index in [1.54, 1.807) is 12.1 Å². The molecule has 2 saturated heterocycles. The minimum atomic E-state index is -0.240. The SMILES string of the molecule is CC1(C)CC[C@H]2CN(C(=O)c3cccc(=O)[nH]3)CC[C@@]2(C)O1. The molecule has 5 nitrogen and oxygen atoms in total. The van der Waals surface area contributed by atoms with Crippen molar-refractivity contribution in [2.75, 3.05) is 13.1 Å². The number of nitrogens with zero attached hydrogens (tertiary/aromatic N) is 1. The van der Waals surface area contributed by atoms with Crippen LogP contribution in [0, 0.1) is 5.92 Å². The van der Waals surface area contributed by atoms with Gasteiger partial charge < -0.3 is 14.6 Å². The third-order valence-corrected chi connectivity index (χ3v) is 5.07. The van der Waals surface area contributed by atoms with E-state index in [0.29, 0.717) is 24.7 Å². The number of H-pyrrole nitrogens is 1. The van der Waals surface area contributed by atoms with Crippen molar-refractivity contribution in [2.24, 2.45) is 5.92 Å². The molecule has 1 N–H and O–H groups in total. The van der Waals surface area contributed by atoms with Crippen molar-refractivity contribution in [2.45, 2.75) is 51.2 Å². The molecule has 0 aromatic carbocycles. The Kier molecular flexibility index (Phi) is 3.63. The lowest BCUT2D eigenvalue weighted by Crippen LogP contribution is -2.58. The Hall–Kier alpha value is -1.62. The highest BCUT2D eigenvalue weighted by molar-refractivity contribution is 5.92. The average Bonchev–Trinajstić information content (AvgIpc) is 2.44. The monoisotopic (exact) mass is 304 g/mol. The van der Waals surface area contributed by atoms with Crippen LogP contribution in [-0.2, 0) is 4.74 Å². The van der Waals surface area contributed by atoms with Crippen molar-refractivity contribution in [3.63, 3.8) is 0 Å². The van der Waals surface area contributed by atoms with Gasteiger partial charge in [-0.05, 0) is 46.1 Å². The number of hydrogen-bond donors (Lipinski definition) is 1. The number of carbonyl (C=O) groups excluding carboxylic acids is 1. The molecule has 5 heteroatoms. The first-order chi connectivity index (χ1) is 10.3. The average molecular weight is 304 g/mol. The molecule has 3 rings (SSSR count). The number of hydrogen-bond acceptors (Lipinski definition) is 3. The molecule has 3 heterocycles. The second kappa shape index (κ2) is 5.23. The van der Waals surface area contributed by atoms with Crippen molar-refractivity contribution in [1.29, 1.82) is 0 Å². The first-order valence-electron chi connectivity index (χ1n) is 7.98. The topological polar surface area (TPSA) is 62.4 Å². The molecule has 22 heavy (non-hydrogen) atoms. The number of likely N-dealkylation sites (tertiary alicyclic amines) is 1. The van der Waals surface area contributed by atoms with E-state index in [4.69, 9.17) is 4.74 Å². The number of aromatic amines is 1. The van der Waals surface area contributed by atoms with Gasteiger partial charge in [0.25, 0.3) is 5.91 Å². The Labute approximate surface area is 130 Å². The number of aromatic nitrogens is 1. The number of ether oxygens (including phenoxy) is 1. The highest BCUT2D eigenvalue weighted by Gasteiger charge is 2.48. The van der Waals surface area contributed by atoms with Gasteiger partial charge in [-0.2, -0.15) is 0 Å². The summed E-state index contributed by atoms with van der Waals surface area (Å²) in [5.41, 5.74) is -0.103. The number of carbonyl (C=O) groups is 1. The largest absolute Gasteiger partial charge is 0.369 e. The van der Waals surface area contributed by atoms with Gasteiger partial charge in [-0.15, -0.1) is 0 Å². The minimum Gasteiger partial charge on any atom is -0.369 e. The lowest BCUT2D eigenvalue weighted by atomic mass is 9.74. The number of piperidine rings is 1. The summed E-state index contributed by atoms with van der Waals surface area (Å²) >= 11 is 0. The molecule has 0 radical (unpaired) electrons. The molecular formula is C17H24N2O3. The first kappa shape index (κ1) is 15.3. The molecule has 0 aliphatic carbocycles. The zero-order valence-corrected chi connectivity index (χ0v) is 13.5. The van der Waals surface area contributed by atoms with E-state index in [1.807, 2.05) is 4.90 Å². The maximum Gasteiger partial charge on any atom is 0.270 e. The summed E-state index contributed by atoms with van der Waals surface area (Å²) in [5, 5.41) is 0. The lowest BCUT2D eigenvalue weighted by Gasteiger charge is -2.53.